The topological polar surface area (TPSA) is 64.6 Å². The van der Waals surface area contributed by atoms with Crippen LogP contribution >= 0.6 is 0 Å². The first kappa shape index (κ1) is 10.7. The number of carbonyl (C=O) groups excluding carboxylic acids is 2. The lowest BCUT2D eigenvalue weighted by Gasteiger charge is -2.04. The van der Waals surface area contributed by atoms with E-state index in [1.165, 1.54) is 0 Å². The van der Waals surface area contributed by atoms with Crippen LogP contribution in [0.4, 0.5) is 4.79 Å². The maximum absolute atomic E-state index is 10.6. The lowest BCUT2D eigenvalue weighted by Crippen LogP contribution is -2.27. The lowest BCUT2D eigenvalue weighted by atomic mass is 10.5. The number of hydrogen-bond donors (Lipinski definition) is 1. The summed E-state index contributed by atoms with van der Waals surface area (Å²) in [5, 5.41) is 0. The Morgan fingerprint density at radius 1 is 1.33 bits per heavy atom. The molecule has 1 N–H and O–H groups in total. The molecule has 0 saturated heterocycles. The number of nitrogens with one attached hydrogen (secondary N) is 1. The summed E-state index contributed by atoms with van der Waals surface area (Å²) in [4.78, 5) is 25.4. The highest BCUT2D eigenvalue weighted by Crippen LogP contribution is 1.84. The first-order chi connectivity index (χ1) is 5.70. The molecule has 0 rings (SSSR count). The van der Waals surface area contributed by atoms with Gasteiger partial charge in [0.25, 0.3) is 0 Å². The van der Waals surface area contributed by atoms with Crippen molar-refractivity contribution in [2.45, 2.75) is 26.7 Å². The van der Waals surface area contributed by atoms with Crippen LogP contribution < -0.4 is 5.48 Å². The number of hydroxylamine groups is 1. The third-order valence-electron chi connectivity index (χ3n) is 0.974. The zero-order valence-electron chi connectivity index (χ0n) is 7.25. The van der Waals surface area contributed by atoms with Gasteiger partial charge >= 0.3 is 12.1 Å². The fourth-order valence-electron chi connectivity index (χ4n) is 0.395. The normalized spacial score (nSPS) is 8.83. The van der Waals surface area contributed by atoms with E-state index >= 15 is 0 Å². The van der Waals surface area contributed by atoms with E-state index in [1.807, 2.05) is 12.4 Å². The summed E-state index contributed by atoms with van der Waals surface area (Å²) in [5.41, 5.74) is 1.86. The summed E-state index contributed by atoms with van der Waals surface area (Å²) in [7, 11) is 0. The summed E-state index contributed by atoms with van der Waals surface area (Å²) in [6.45, 7) is 3.81. The van der Waals surface area contributed by atoms with E-state index in [-0.39, 0.29) is 6.42 Å². The molecule has 0 unspecified atom stereocenters. The molecule has 0 aromatic heterocycles. The summed E-state index contributed by atoms with van der Waals surface area (Å²) in [6, 6.07) is 0. The smallest absolute Gasteiger partial charge is 0.440 e. The molecule has 0 aromatic rings. The molecule has 0 radical (unpaired) electrons. The molecule has 0 saturated carbocycles. The number of rotatable bonds is 3. The molecule has 1 amide bonds. The van der Waals surface area contributed by atoms with Crippen LogP contribution in [0, 0.1) is 0 Å². The molecule has 0 spiro atoms. The zero-order chi connectivity index (χ0) is 9.40. The Balaban J connectivity index is 3.37. The maximum Gasteiger partial charge on any atom is 0.440 e. The first-order valence-electron chi connectivity index (χ1n) is 3.83. The van der Waals surface area contributed by atoms with Crippen molar-refractivity contribution in [3.63, 3.8) is 0 Å². The first-order valence-corrected chi connectivity index (χ1v) is 3.83. The monoisotopic (exact) mass is 175 g/mol. The molecule has 0 fully saturated rings. The molecule has 0 aromatic carbocycles. The van der Waals surface area contributed by atoms with Gasteiger partial charge in [-0.1, -0.05) is 13.8 Å². The van der Waals surface area contributed by atoms with Crippen LogP contribution in [0.15, 0.2) is 0 Å². The molecule has 0 atom stereocenters. The van der Waals surface area contributed by atoms with Gasteiger partial charge in [-0.25, -0.2) is 9.59 Å². The van der Waals surface area contributed by atoms with Crippen molar-refractivity contribution in [3.8, 4) is 0 Å². The van der Waals surface area contributed by atoms with Gasteiger partial charge in [0.15, 0.2) is 0 Å². The molecule has 70 valence electrons. The van der Waals surface area contributed by atoms with Crippen LogP contribution in [0.25, 0.3) is 0 Å². The second-order valence-corrected chi connectivity index (χ2v) is 2.07. The van der Waals surface area contributed by atoms with Gasteiger partial charge in [0.05, 0.1) is 6.61 Å². The highest BCUT2D eigenvalue weighted by Gasteiger charge is 2.03. The third-order valence-corrected chi connectivity index (χ3v) is 0.974. The Morgan fingerprint density at radius 2 is 2.00 bits per heavy atom. The van der Waals surface area contributed by atoms with Crippen LogP contribution in [0.3, 0.4) is 0 Å². The van der Waals surface area contributed by atoms with Gasteiger partial charge in [-0.3, -0.25) is 0 Å². The summed E-state index contributed by atoms with van der Waals surface area (Å²) >= 11 is 0. The Bertz CT molecular complexity index is 157. The second-order valence-electron chi connectivity index (χ2n) is 2.07. The molecular weight excluding hydrogens is 162 g/mol. The van der Waals surface area contributed by atoms with E-state index in [0.29, 0.717) is 6.61 Å². The number of hydrogen-bond acceptors (Lipinski definition) is 4. The van der Waals surface area contributed by atoms with Gasteiger partial charge < -0.3 is 9.57 Å². The quantitative estimate of drug-likeness (QED) is 0.649. The van der Waals surface area contributed by atoms with Crippen molar-refractivity contribution < 1.29 is 19.2 Å². The fourth-order valence-corrected chi connectivity index (χ4v) is 0.395. The maximum atomic E-state index is 10.6. The molecule has 5 heteroatoms. The van der Waals surface area contributed by atoms with Crippen LogP contribution in [0.2, 0.25) is 0 Å². The van der Waals surface area contributed by atoms with Crippen LogP contribution in [0.5, 0.6) is 0 Å². The van der Waals surface area contributed by atoms with Gasteiger partial charge in [-0.05, 0) is 6.42 Å². The Morgan fingerprint density at radius 3 is 2.50 bits per heavy atom. The minimum absolute atomic E-state index is 0.216. The Hall–Kier alpha value is -1.26. The van der Waals surface area contributed by atoms with Crippen LogP contribution in [0.1, 0.15) is 26.7 Å². The summed E-state index contributed by atoms with van der Waals surface area (Å²) < 4.78 is 4.56. The molecule has 5 nitrogen and oxygen atoms in total. The number of ether oxygens (including phenoxy) is 1. The molecule has 0 aliphatic rings. The summed E-state index contributed by atoms with van der Waals surface area (Å²) in [6.07, 6.45) is 0.210. The van der Waals surface area contributed by atoms with Crippen LogP contribution in [-0.2, 0) is 14.4 Å². The molecule has 0 heterocycles. The van der Waals surface area contributed by atoms with Crippen molar-refractivity contribution in [1.29, 1.82) is 0 Å². The average molecular weight is 175 g/mol. The van der Waals surface area contributed by atoms with Gasteiger partial charge in [0.2, 0.25) is 0 Å². The van der Waals surface area contributed by atoms with E-state index < -0.39 is 12.1 Å². The minimum atomic E-state index is -0.737. The minimum Gasteiger partial charge on any atom is -0.447 e. The fraction of sp³-hybridized carbons (Fsp3) is 0.714. The van der Waals surface area contributed by atoms with Crippen molar-refractivity contribution in [3.05, 3.63) is 0 Å². The van der Waals surface area contributed by atoms with Gasteiger partial charge in [-0.2, -0.15) is 0 Å². The van der Waals surface area contributed by atoms with Crippen molar-refractivity contribution >= 4 is 12.1 Å². The number of amides is 1. The van der Waals surface area contributed by atoms with Gasteiger partial charge in [0, 0.05) is 6.42 Å². The molecule has 0 aliphatic heterocycles. The number of carbonyl (C=O) groups is 2. The Labute approximate surface area is 71.0 Å². The zero-order valence-corrected chi connectivity index (χ0v) is 7.25. The molecular formula is C7H13NO4. The SMILES string of the molecule is CCCOC(=O)NOC(=O)CC. The second kappa shape index (κ2) is 6.45. The van der Waals surface area contributed by atoms with Crippen molar-refractivity contribution in [2.24, 2.45) is 0 Å². The average Bonchev–Trinajstić information content (AvgIpc) is 2.10. The predicted octanol–water partition coefficient (Wildman–Crippen LogP) is 0.991. The van der Waals surface area contributed by atoms with Crippen molar-refractivity contribution in [2.75, 3.05) is 6.61 Å². The Kier molecular flexibility index (Phi) is 5.77. The van der Waals surface area contributed by atoms with E-state index in [4.69, 9.17) is 0 Å². The third kappa shape index (κ3) is 5.52. The highest BCUT2D eigenvalue weighted by molar-refractivity contribution is 5.72. The van der Waals surface area contributed by atoms with E-state index in [2.05, 4.69) is 9.57 Å². The molecule has 12 heavy (non-hydrogen) atoms. The standard InChI is InChI=1S/C7H13NO4/c1-3-5-11-7(10)8-12-6(9)4-2/h3-5H2,1-2H3,(H,8,10). The van der Waals surface area contributed by atoms with Crippen molar-refractivity contribution in [1.82, 2.24) is 5.48 Å². The van der Waals surface area contributed by atoms with E-state index in [0.717, 1.165) is 6.42 Å². The highest BCUT2D eigenvalue weighted by atomic mass is 16.7. The van der Waals surface area contributed by atoms with Gasteiger partial charge in [0.1, 0.15) is 0 Å². The van der Waals surface area contributed by atoms with E-state index in [9.17, 15) is 9.59 Å². The summed E-state index contributed by atoms with van der Waals surface area (Å²) in [5.74, 6) is -0.497. The predicted molar refractivity (Wildman–Crippen MR) is 41.2 cm³/mol. The van der Waals surface area contributed by atoms with E-state index in [1.54, 1.807) is 6.92 Å². The largest absolute Gasteiger partial charge is 0.447 e. The van der Waals surface area contributed by atoms with Crippen LogP contribution in [-0.4, -0.2) is 18.7 Å². The van der Waals surface area contributed by atoms with Gasteiger partial charge in [-0.15, -0.1) is 5.48 Å². The molecule has 0 aliphatic carbocycles. The molecule has 0 bridgehead atoms. The lowest BCUT2D eigenvalue weighted by molar-refractivity contribution is -0.149.